The third-order valence-corrected chi connectivity index (χ3v) is 7.10. The monoisotopic (exact) mass is 511 g/mol. The minimum Gasteiger partial charge on any atom is -0.385 e. The molecule has 2 N–H and O–H groups in total. The molecule has 2 atom stereocenters. The number of ether oxygens (including phenoxy) is 1. The zero-order chi connectivity index (χ0) is 26.2. The van der Waals surface area contributed by atoms with Gasteiger partial charge in [-0.2, -0.15) is 0 Å². The number of urea groups is 1. The molecule has 3 amide bonds. The molecule has 0 aliphatic carbocycles. The summed E-state index contributed by atoms with van der Waals surface area (Å²) >= 11 is 0. The highest BCUT2D eigenvalue weighted by Crippen LogP contribution is 2.23. The SMILES string of the molecule is COCCCCc1c(C(=O)N(CC(C)C)[C@@H]2CNC[C@H](N3CCCNC3=O)C2)nnn1-c1ccccc1. The Morgan fingerprint density at radius 3 is 2.76 bits per heavy atom. The van der Waals surface area contributed by atoms with Crippen LogP contribution in [0.4, 0.5) is 4.79 Å². The van der Waals surface area contributed by atoms with Gasteiger partial charge in [0.1, 0.15) is 0 Å². The maximum atomic E-state index is 14.1. The number of para-hydroxylation sites is 1. The summed E-state index contributed by atoms with van der Waals surface area (Å²) in [5.41, 5.74) is 2.14. The molecule has 2 aromatic rings. The zero-order valence-electron chi connectivity index (χ0n) is 22.4. The molecule has 1 aromatic heterocycles. The highest BCUT2D eigenvalue weighted by molar-refractivity contribution is 5.93. The number of unbranched alkanes of at least 4 members (excludes halogenated alkanes) is 1. The van der Waals surface area contributed by atoms with E-state index in [9.17, 15) is 9.59 Å². The second-order valence-electron chi connectivity index (χ2n) is 10.4. The van der Waals surface area contributed by atoms with Gasteiger partial charge in [0.2, 0.25) is 0 Å². The van der Waals surface area contributed by atoms with Crippen molar-refractivity contribution in [3.8, 4) is 5.69 Å². The average Bonchev–Trinajstić information content (AvgIpc) is 3.34. The van der Waals surface area contributed by atoms with Gasteiger partial charge in [0, 0.05) is 58.5 Å². The number of methoxy groups -OCH3 is 1. The van der Waals surface area contributed by atoms with Crippen molar-refractivity contribution in [1.82, 2.24) is 35.4 Å². The van der Waals surface area contributed by atoms with E-state index in [4.69, 9.17) is 4.74 Å². The lowest BCUT2D eigenvalue weighted by Crippen LogP contribution is -2.61. The fraction of sp³-hybridized carbons (Fsp3) is 0.630. The molecular weight excluding hydrogens is 470 g/mol. The van der Waals surface area contributed by atoms with E-state index in [0.717, 1.165) is 56.7 Å². The van der Waals surface area contributed by atoms with Crippen LogP contribution in [-0.2, 0) is 11.2 Å². The van der Waals surface area contributed by atoms with Crippen molar-refractivity contribution in [2.75, 3.05) is 46.4 Å². The normalized spacial score (nSPS) is 20.2. The summed E-state index contributed by atoms with van der Waals surface area (Å²) in [5.74, 6) is 0.199. The van der Waals surface area contributed by atoms with Crippen molar-refractivity contribution in [1.29, 1.82) is 0 Å². The van der Waals surface area contributed by atoms with Gasteiger partial charge in [-0.1, -0.05) is 37.3 Å². The lowest BCUT2D eigenvalue weighted by Gasteiger charge is -2.43. The Hall–Kier alpha value is -2.98. The first kappa shape index (κ1) is 27.1. The molecule has 2 aliphatic heterocycles. The van der Waals surface area contributed by atoms with Crippen LogP contribution < -0.4 is 10.6 Å². The minimum atomic E-state index is -0.0897. The van der Waals surface area contributed by atoms with E-state index in [1.165, 1.54) is 0 Å². The Bertz CT molecular complexity index is 1030. The first-order valence-electron chi connectivity index (χ1n) is 13.5. The van der Waals surface area contributed by atoms with Crippen LogP contribution in [0.5, 0.6) is 0 Å². The molecule has 0 radical (unpaired) electrons. The van der Waals surface area contributed by atoms with E-state index < -0.39 is 0 Å². The summed E-state index contributed by atoms with van der Waals surface area (Å²) in [4.78, 5) is 30.5. The van der Waals surface area contributed by atoms with E-state index in [2.05, 4.69) is 34.8 Å². The summed E-state index contributed by atoms with van der Waals surface area (Å²) in [7, 11) is 1.70. The van der Waals surface area contributed by atoms with Crippen LogP contribution in [-0.4, -0.2) is 95.3 Å². The van der Waals surface area contributed by atoms with E-state index in [-0.39, 0.29) is 29.9 Å². The van der Waals surface area contributed by atoms with Crippen LogP contribution in [0, 0.1) is 5.92 Å². The third-order valence-electron chi connectivity index (χ3n) is 7.10. The van der Waals surface area contributed by atoms with Gasteiger partial charge in [0.25, 0.3) is 5.91 Å². The molecule has 4 rings (SSSR count). The second kappa shape index (κ2) is 13.0. The molecule has 0 spiro atoms. The van der Waals surface area contributed by atoms with Gasteiger partial charge in [-0.25, -0.2) is 9.48 Å². The number of benzene rings is 1. The third kappa shape index (κ3) is 6.67. The number of hydrogen-bond donors (Lipinski definition) is 2. The fourth-order valence-corrected chi connectivity index (χ4v) is 5.30. The number of piperidine rings is 1. The molecule has 10 heteroatoms. The molecule has 0 saturated carbocycles. The molecular formula is C27H41N7O3. The van der Waals surface area contributed by atoms with Crippen LogP contribution >= 0.6 is 0 Å². The lowest BCUT2D eigenvalue weighted by molar-refractivity contribution is 0.0541. The Kier molecular flexibility index (Phi) is 9.51. The molecule has 37 heavy (non-hydrogen) atoms. The van der Waals surface area contributed by atoms with E-state index in [1.807, 2.05) is 40.1 Å². The average molecular weight is 512 g/mol. The van der Waals surface area contributed by atoms with Gasteiger partial charge in [-0.05, 0) is 50.2 Å². The Morgan fingerprint density at radius 2 is 2.03 bits per heavy atom. The second-order valence-corrected chi connectivity index (χ2v) is 10.4. The van der Waals surface area contributed by atoms with Crippen molar-refractivity contribution < 1.29 is 14.3 Å². The largest absolute Gasteiger partial charge is 0.385 e. The predicted molar refractivity (Wildman–Crippen MR) is 142 cm³/mol. The topological polar surface area (TPSA) is 105 Å². The van der Waals surface area contributed by atoms with Gasteiger partial charge in [-0.3, -0.25) is 4.79 Å². The van der Waals surface area contributed by atoms with Gasteiger partial charge >= 0.3 is 6.03 Å². The van der Waals surface area contributed by atoms with Crippen LogP contribution in [0.25, 0.3) is 5.69 Å². The highest BCUT2D eigenvalue weighted by Gasteiger charge is 2.36. The standard InChI is InChI=1S/C27H41N7O3/c1-20(2)19-33(23-16-22(17-28-18-23)32-14-9-13-29-27(32)36)26(35)25-24(12-7-8-15-37-3)34(31-30-25)21-10-5-4-6-11-21/h4-6,10-11,20,22-23,28H,7-9,12-19H2,1-3H3,(H,29,36)/t22-,23+/m1/s1. The van der Waals surface area contributed by atoms with Crippen molar-refractivity contribution in [3.63, 3.8) is 0 Å². The van der Waals surface area contributed by atoms with E-state index in [1.54, 1.807) is 11.8 Å². The quantitative estimate of drug-likeness (QED) is 0.449. The van der Waals surface area contributed by atoms with Crippen LogP contribution in [0.15, 0.2) is 30.3 Å². The van der Waals surface area contributed by atoms with Crippen molar-refractivity contribution in [3.05, 3.63) is 41.7 Å². The minimum absolute atomic E-state index is 0.00964. The molecule has 202 valence electrons. The van der Waals surface area contributed by atoms with Crippen molar-refractivity contribution in [2.24, 2.45) is 5.92 Å². The maximum absolute atomic E-state index is 14.1. The highest BCUT2D eigenvalue weighted by atomic mass is 16.5. The number of carbonyl (C=O) groups excluding carboxylic acids is 2. The van der Waals surface area contributed by atoms with Gasteiger partial charge in [0.05, 0.1) is 11.4 Å². The van der Waals surface area contributed by atoms with Crippen LogP contribution in [0.2, 0.25) is 0 Å². The Balaban J connectivity index is 1.60. The molecule has 10 nitrogen and oxygen atoms in total. The number of nitrogens with zero attached hydrogens (tertiary/aromatic N) is 5. The molecule has 2 saturated heterocycles. The Labute approximate surface area is 219 Å². The van der Waals surface area contributed by atoms with Gasteiger partial charge < -0.3 is 25.2 Å². The molecule has 2 aliphatic rings. The summed E-state index contributed by atoms with van der Waals surface area (Å²) < 4.78 is 7.03. The number of nitrogens with one attached hydrogen (secondary N) is 2. The number of carbonyl (C=O) groups is 2. The number of aromatic nitrogens is 3. The van der Waals surface area contributed by atoms with E-state index >= 15 is 0 Å². The fourth-order valence-electron chi connectivity index (χ4n) is 5.30. The predicted octanol–water partition coefficient (Wildman–Crippen LogP) is 2.48. The summed E-state index contributed by atoms with van der Waals surface area (Å²) in [6.45, 7) is 8.45. The van der Waals surface area contributed by atoms with Gasteiger partial charge in [0.15, 0.2) is 5.69 Å². The smallest absolute Gasteiger partial charge is 0.317 e. The molecule has 3 heterocycles. The number of amides is 3. The summed E-state index contributed by atoms with van der Waals surface area (Å²) in [6, 6.07) is 9.85. The van der Waals surface area contributed by atoms with Crippen molar-refractivity contribution in [2.45, 2.75) is 58.0 Å². The maximum Gasteiger partial charge on any atom is 0.317 e. The first-order chi connectivity index (χ1) is 18.0. The van der Waals surface area contributed by atoms with Gasteiger partial charge in [-0.15, -0.1) is 5.10 Å². The number of rotatable bonds is 11. The first-order valence-corrected chi connectivity index (χ1v) is 13.5. The summed E-state index contributed by atoms with van der Waals surface area (Å²) in [6.07, 6.45) is 4.13. The number of hydrogen-bond acceptors (Lipinski definition) is 6. The molecule has 1 aromatic carbocycles. The van der Waals surface area contributed by atoms with E-state index in [0.29, 0.717) is 31.8 Å². The molecule has 0 bridgehead atoms. The zero-order valence-corrected chi connectivity index (χ0v) is 22.4. The molecule has 2 fully saturated rings. The molecule has 0 unspecified atom stereocenters. The van der Waals surface area contributed by atoms with Crippen molar-refractivity contribution >= 4 is 11.9 Å². The van der Waals surface area contributed by atoms with Crippen LogP contribution in [0.3, 0.4) is 0 Å². The van der Waals surface area contributed by atoms with Crippen LogP contribution in [0.1, 0.15) is 55.7 Å². The lowest BCUT2D eigenvalue weighted by atomic mass is 9.97. The Morgan fingerprint density at radius 1 is 1.22 bits per heavy atom. The summed E-state index contributed by atoms with van der Waals surface area (Å²) in [5, 5.41) is 15.3.